The van der Waals surface area contributed by atoms with Crippen molar-refractivity contribution in [3.05, 3.63) is 53.4 Å². The molecule has 26 heavy (non-hydrogen) atoms. The molecule has 0 bridgehead atoms. The predicted octanol–water partition coefficient (Wildman–Crippen LogP) is 1.69. The minimum absolute atomic E-state index is 0.0698. The van der Waals surface area contributed by atoms with Crippen molar-refractivity contribution in [2.24, 2.45) is 5.92 Å². The number of carbonyl (C=O) groups excluding carboxylic acids is 1. The zero-order valence-electron chi connectivity index (χ0n) is 14.2. The second kappa shape index (κ2) is 7.09. The summed E-state index contributed by atoms with van der Waals surface area (Å²) in [6.45, 7) is 1.82. The van der Waals surface area contributed by atoms with E-state index in [1.807, 2.05) is 18.2 Å². The lowest BCUT2D eigenvalue weighted by molar-refractivity contribution is -0.121. The number of hydrogen-bond donors (Lipinski definition) is 1. The molecule has 0 aliphatic carbocycles. The molecule has 1 fully saturated rings. The highest BCUT2D eigenvalue weighted by molar-refractivity contribution is 5.91. The number of nitrogens with one attached hydrogen (secondary N) is 1. The van der Waals surface area contributed by atoms with Crippen LogP contribution < -0.4 is 11.1 Å². The van der Waals surface area contributed by atoms with Crippen LogP contribution in [0.25, 0.3) is 11.1 Å². The summed E-state index contributed by atoms with van der Waals surface area (Å²) in [6, 6.07) is 7.35. The molecule has 1 saturated heterocycles. The Kier molecular flexibility index (Phi) is 4.49. The zero-order chi connectivity index (χ0) is 17.9. The van der Waals surface area contributed by atoms with Gasteiger partial charge in [-0.15, -0.1) is 0 Å². The fraction of sp³-hybridized carbons (Fsp3) is 0.333. The number of rotatable bonds is 4. The highest BCUT2D eigenvalue weighted by Gasteiger charge is 2.27. The second-order valence-corrected chi connectivity index (χ2v) is 6.40. The number of nitrogens with zero attached hydrogens (tertiary/aromatic N) is 4. The first-order valence-electron chi connectivity index (χ1n) is 8.58. The minimum atomic E-state index is -0.377. The normalized spacial score (nSPS) is 18.1. The van der Waals surface area contributed by atoms with Gasteiger partial charge in [-0.2, -0.15) is 0 Å². The molecule has 0 spiro atoms. The topological polar surface area (TPSA) is 93.3 Å². The summed E-state index contributed by atoms with van der Waals surface area (Å²) in [5, 5.41) is 2.81. The Bertz CT molecular complexity index is 966. The number of likely N-dealkylation sites (tertiary alicyclic amines) is 1. The number of carbonyl (C=O) groups is 1. The van der Waals surface area contributed by atoms with E-state index >= 15 is 0 Å². The predicted molar refractivity (Wildman–Crippen MR) is 95.4 cm³/mol. The van der Waals surface area contributed by atoms with Crippen LogP contribution in [-0.4, -0.2) is 38.4 Å². The van der Waals surface area contributed by atoms with Crippen LogP contribution in [0.2, 0.25) is 0 Å². The maximum absolute atomic E-state index is 12.5. The summed E-state index contributed by atoms with van der Waals surface area (Å²) in [5.41, 5.74) is 1.34. The summed E-state index contributed by atoms with van der Waals surface area (Å²) in [6.07, 6.45) is 6.33. The van der Waals surface area contributed by atoms with Gasteiger partial charge in [0.25, 0.3) is 0 Å². The molecule has 3 aromatic rings. The summed E-state index contributed by atoms with van der Waals surface area (Å²) in [4.78, 5) is 34.8. The van der Waals surface area contributed by atoms with E-state index in [4.69, 9.17) is 4.42 Å². The highest BCUT2D eigenvalue weighted by atomic mass is 16.4. The molecular formula is C18H19N5O3. The summed E-state index contributed by atoms with van der Waals surface area (Å²) in [7, 11) is 0. The van der Waals surface area contributed by atoms with Crippen molar-refractivity contribution >= 4 is 22.8 Å². The van der Waals surface area contributed by atoms with Crippen LogP contribution in [0.3, 0.4) is 0 Å². The van der Waals surface area contributed by atoms with Gasteiger partial charge >= 0.3 is 5.76 Å². The monoisotopic (exact) mass is 353 g/mol. The lowest BCUT2D eigenvalue weighted by Crippen LogP contribution is -2.42. The van der Waals surface area contributed by atoms with E-state index in [0.717, 1.165) is 24.9 Å². The molecular weight excluding hydrogens is 334 g/mol. The highest BCUT2D eigenvalue weighted by Crippen LogP contribution is 2.20. The van der Waals surface area contributed by atoms with Gasteiger partial charge in [0, 0.05) is 18.9 Å². The Morgan fingerprint density at radius 3 is 3.04 bits per heavy atom. The molecule has 8 heteroatoms. The Morgan fingerprint density at radius 1 is 1.31 bits per heavy atom. The molecule has 1 aliphatic heterocycles. The van der Waals surface area contributed by atoms with Crippen molar-refractivity contribution in [3.63, 3.8) is 0 Å². The van der Waals surface area contributed by atoms with Crippen molar-refractivity contribution < 1.29 is 9.21 Å². The van der Waals surface area contributed by atoms with E-state index in [9.17, 15) is 9.59 Å². The van der Waals surface area contributed by atoms with Crippen molar-refractivity contribution in [1.29, 1.82) is 0 Å². The van der Waals surface area contributed by atoms with E-state index in [1.165, 1.54) is 6.20 Å². The average Bonchev–Trinajstić information content (AvgIpc) is 2.98. The molecule has 1 N–H and O–H groups in total. The fourth-order valence-corrected chi connectivity index (χ4v) is 3.34. The van der Waals surface area contributed by atoms with Crippen LogP contribution in [0, 0.1) is 5.92 Å². The van der Waals surface area contributed by atoms with E-state index in [2.05, 4.69) is 20.2 Å². The number of piperidine rings is 1. The van der Waals surface area contributed by atoms with Gasteiger partial charge in [-0.05, 0) is 31.5 Å². The number of anilines is 1. The molecule has 134 valence electrons. The maximum Gasteiger partial charge on any atom is 0.421 e. The van der Waals surface area contributed by atoms with Crippen LogP contribution in [0.15, 0.2) is 52.1 Å². The molecule has 1 aromatic carbocycles. The number of amides is 1. The van der Waals surface area contributed by atoms with Gasteiger partial charge in [-0.1, -0.05) is 12.1 Å². The van der Waals surface area contributed by atoms with E-state index in [0.29, 0.717) is 24.6 Å². The lowest BCUT2D eigenvalue weighted by atomic mass is 9.97. The largest absolute Gasteiger partial charge is 0.421 e. The average molecular weight is 353 g/mol. The van der Waals surface area contributed by atoms with Gasteiger partial charge in [-0.25, -0.2) is 9.78 Å². The van der Waals surface area contributed by atoms with Gasteiger partial charge < -0.3 is 9.73 Å². The fourth-order valence-electron chi connectivity index (χ4n) is 3.34. The van der Waals surface area contributed by atoms with Gasteiger partial charge in [0.05, 0.1) is 24.3 Å². The molecule has 3 heterocycles. The molecule has 2 aromatic heterocycles. The standard InChI is InChI=1S/C18H19N5O3/c24-17(21-16-10-19-7-8-20-16)13-4-3-9-22(11-13)12-23-14-5-1-2-6-15(14)26-18(23)25/h1-2,5-8,10,13H,3-4,9,11-12H2,(H,20,21,24)/t13-/m0/s1. The Balaban J connectivity index is 1.46. The number of aromatic nitrogens is 3. The molecule has 0 saturated carbocycles. The molecule has 8 nitrogen and oxygen atoms in total. The number of benzene rings is 1. The van der Waals surface area contributed by atoms with Gasteiger partial charge in [0.1, 0.15) is 0 Å². The molecule has 4 rings (SSSR count). The van der Waals surface area contributed by atoms with E-state index in [-0.39, 0.29) is 17.6 Å². The Labute approximate surface area is 149 Å². The number of hydrogen-bond acceptors (Lipinski definition) is 6. The van der Waals surface area contributed by atoms with E-state index < -0.39 is 0 Å². The van der Waals surface area contributed by atoms with Crippen LogP contribution in [0.5, 0.6) is 0 Å². The van der Waals surface area contributed by atoms with Gasteiger partial charge in [0.2, 0.25) is 5.91 Å². The third-order valence-corrected chi connectivity index (χ3v) is 4.61. The summed E-state index contributed by atoms with van der Waals surface area (Å²) >= 11 is 0. The van der Waals surface area contributed by atoms with Crippen molar-refractivity contribution in [2.45, 2.75) is 19.5 Å². The van der Waals surface area contributed by atoms with Gasteiger partial charge in [0.15, 0.2) is 11.4 Å². The number of fused-ring (bicyclic) bond motifs is 1. The molecule has 0 radical (unpaired) electrons. The molecule has 1 atom stereocenters. The molecule has 1 aliphatic rings. The van der Waals surface area contributed by atoms with Gasteiger partial charge in [-0.3, -0.25) is 19.2 Å². The number of oxazole rings is 1. The smallest absolute Gasteiger partial charge is 0.408 e. The van der Waals surface area contributed by atoms with Crippen LogP contribution in [0.1, 0.15) is 12.8 Å². The van der Waals surface area contributed by atoms with Crippen molar-refractivity contribution in [2.75, 3.05) is 18.4 Å². The first-order chi connectivity index (χ1) is 12.7. The number of para-hydroxylation sites is 2. The van der Waals surface area contributed by atoms with Crippen LogP contribution >= 0.6 is 0 Å². The van der Waals surface area contributed by atoms with Crippen LogP contribution in [0.4, 0.5) is 5.82 Å². The minimum Gasteiger partial charge on any atom is -0.408 e. The SMILES string of the molecule is O=C(Nc1cnccn1)[C@H]1CCCN(Cn2c(=O)oc3ccccc32)C1. The maximum atomic E-state index is 12.5. The molecule has 0 unspecified atom stereocenters. The zero-order valence-corrected chi connectivity index (χ0v) is 14.2. The summed E-state index contributed by atoms with van der Waals surface area (Å²) in [5.74, 6) is -0.150. The lowest BCUT2D eigenvalue weighted by Gasteiger charge is -2.31. The Morgan fingerprint density at radius 2 is 2.19 bits per heavy atom. The third-order valence-electron chi connectivity index (χ3n) is 4.61. The Hall–Kier alpha value is -3.00. The first kappa shape index (κ1) is 16.5. The second-order valence-electron chi connectivity index (χ2n) is 6.40. The summed E-state index contributed by atoms with van der Waals surface area (Å²) < 4.78 is 6.89. The van der Waals surface area contributed by atoms with Crippen molar-refractivity contribution in [3.8, 4) is 0 Å². The van der Waals surface area contributed by atoms with Crippen LogP contribution in [-0.2, 0) is 11.5 Å². The van der Waals surface area contributed by atoms with Crippen molar-refractivity contribution in [1.82, 2.24) is 19.4 Å². The van der Waals surface area contributed by atoms with E-state index in [1.54, 1.807) is 23.0 Å². The first-order valence-corrected chi connectivity index (χ1v) is 8.58. The molecule has 1 amide bonds. The third kappa shape index (κ3) is 3.36. The quantitative estimate of drug-likeness (QED) is 0.767.